The van der Waals surface area contributed by atoms with E-state index < -0.39 is 0 Å². The maximum atomic E-state index is 11.1. The lowest BCUT2D eigenvalue weighted by Crippen LogP contribution is -2.20. The maximum Gasteiger partial charge on any atom is 0.410 e. The van der Waals surface area contributed by atoms with Crippen molar-refractivity contribution in [2.24, 2.45) is 4.99 Å². The number of aliphatic imine (C=N–C) groups is 1. The lowest BCUT2D eigenvalue weighted by Gasteiger charge is -2.07. The molecule has 0 bridgehead atoms. The fraction of sp³-hybridized carbons (Fsp3) is 0.600. The van der Waals surface area contributed by atoms with E-state index in [1.165, 1.54) is 17.5 Å². The molecule has 1 amide bonds. The van der Waals surface area contributed by atoms with E-state index in [1.807, 2.05) is 26.8 Å². The molecule has 0 spiro atoms. The molecule has 0 unspecified atom stereocenters. The molecule has 1 aliphatic rings. The van der Waals surface area contributed by atoms with Gasteiger partial charge in [0.05, 0.1) is 6.54 Å². The summed E-state index contributed by atoms with van der Waals surface area (Å²) in [5, 5.41) is 0. The topological polar surface area (TPSA) is 41.9 Å². The van der Waals surface area contributed by atoms with Crippen LogP contribution in [0.5, 0.6) is 0 Å². The van der Waals surface area contributed by atoms with E-state index in [0.717, 1.165) is 5.57 Å². The predicted molar refractivity (Wildman–Crippen MR) is 82.7 cm³/mol. The van der Waals surface area contributed by atoms with Gasteiger partial charge in [-0.25, -0.2) is 4.79 Å². The number of likely N-dealkylation sites (N-methyl/N-ethyl adjacent to an activating group) is 1. The van der Waals surface area contributed by atoms with Crippen LogP contribution in [0.25, 0.3) is 0 Å². The van der Waals surface area contributed by atoms with Crippen molar-refractivity contribution in [3.05, 3.63) is 24.4 Å². The molecule has 1 fully saturated rings. The van der Waals surface area contributed by atoms with Crippen molar-refractivity contribution in [1.82, 2.24) is 4.90 Å². The molecular weight excluding hydrogens is 240 g/mol. The monoisotopic (exact) mass is 268 g/mol. The van der Waals surface area contributed by atoms with Gasteiger partial charge in [0.2, 0.25) is 0 Å². The standard InChI is InChI=1S/C10H14N2O2.C3H8.C2H6/c1-4-8(6-11-5-2)9-7-12(3)10(13)14-9;1-3-2;1-2/h4-6,9H,2,7H2,1,3H3;3H2,1-2H3;1-2H3/b8-4+,11-6?;;/t9-;;/m0../s1. The van der Waals surface area contributed by atoms with Gasteiger partial charge in [-0.1, -0.05) is 46.8 Å². The summed E-state index contributed by atoms with van der Waals surface area (Å²) in [4.78, 5) is 16.5. The van der Waals surface area contributed by atoms with Gasteiger partial charge in [0, 0.05) is 25.0 Å². The summed E-state index contributed by atoms with van der Waals surface area (Å²) in [7, 11) is 1.71. The second-order valence-electron chi connectivity index (χ2n) is 3.71. The van der Waals surface area contributed by atoms with E-state index in [-0.39, 0.29) is 12.2 Å². The number of ether oxygens (including phenoxy) is 1. The third-order valence-corrected chi connectivity index (χ3v) is 2.03. The summed E-state index contributed by atoms with van der Waals surface area (Å²) < 4.78 is 5.12. The number of nitrogens with zero attached hydrogens (tertiary/aromatic N) is 2. The van der Waals surface area contributed by atoms with E-state index in [9.17, 15) is 4.79 Å². The first-order valence-electron chi connectivity index (χ1n) is 6.82. The molecule has 19 heavy (non-hydrogen) atoms. The van der Waals surface area contributed by atoms with Crippen LogP contribution in [-0.4, -0.2) is 36.9 Å². The van der Waals surface area contributed by atoms with Gasteiger partial charge in [0.1, 0.15) is 6.10 Å². The van der Waals surface area contributed by atoms with Crippen molar-refractivity contribution >= 4 is 12.3 Å². The molecule has 0 N–H and O–H groups in total. The number of cyclic esters (lactones) is 1. The minimum atomic E-state index is -0.290. The first-order chi connectivity index (χ1) is 9.10. The van der Waals surface area contributed by atoms with Crippen molar-refractivity contribution in [3.63, 3.8) is 0 Å². The normalized spacial score (nSPS) is 18.2. The van der Waals surface area contributed by atoms with Crippen LogP contribution in [0.4, 0.5) is 4.79 Å². The highest BCUT2D eigenvalue weighted by atomic mass is 16.6. The molecule has 0 saturated carbocycles. The molecule has 1 rings (SSSR count). The Morgan fingerprint density at radius 1 is 1.53 bits per heavy atom. The zero-order valence-electron chi connectivity index (χ0n) is 13.1. The van der Waals surface area contributed by atoms with Crippen LogP contribution in [0.2, 0.25) is 0 Å². The number of carbonyl (C=O) groups is 1. The van der Waals surface area contributed by atoms with E-state index >= 15 is 0 Å². The van der Waals surface area contributed by atoms with Crippen LogP contribution in [0.3, 0.4) is 0 Å². The highest BCUT2D eigenvalue weighted by Crippen LogP contribution is 2.15. The van der Waals surface area contributed by atoms with Gasteiger partial charge in [0.15, 0.2) is 0 Å². The Morgan fingerprint density at radius 3 is 2.37 bits per heavy atom. The Bertz CT molecular complexity index is 309. The second-order valence-corrected chi connectivity index (χ2v) is 3.71. The quantitative estimate of drug-likeness (QED) is 0.725. The lowest BCUT2D eigenvalue weighted by atomic mass is 10.1. The summed E-state index contributed by atoms with van der Waals surface area (Å²) in [5.74, 6) is 0. The molecular formula is C15H28N2O2. The molecule has 1 aliphatic heterocycles. The van der Waals surface area contributed by atoms with Gasteiger partial charge in [-0.2, -0.15) is 0 Å². The maximum absolute atomic E-state index is 11.1. The number of carbonyl (C=O) groups excluding carboxylic acids is 1. The Labute approximate surface area is 117 Å². The van der Waals surface area contributed by atoms with Crippen molar-refractivity contribution in [3.8, 4) is 0 Å². The summed E-state index contributed by atoms with van der Waals surface area (Å²) in [6.45, 7) is 14.2. The largest absolute Gasteiger partial charge is 0.439 e. The Hall–Kier alpha value is -1.58. The van der Waals surface area contributed by atoms with Crippen LogP contribution >= 0.6 is 0 Å². The molecule has 1 saturated heterocycles. The molecule has 4 nitrogen and oxygen atoms in total. The molecule has 0 aromatic heterocycles. The fourth-order valence-electron chi connectivity index (χ4n) is 1.23. The number of hydrogen-bond donors (Lipinski definition) is 0. The van der Waals surface area contributed by atoms with Crippen LogP contribution in [-0.2, 0) is 4.74 Å². The Morgan fingerprint density at radius 2 is 2.05 bits per heavy atom. The molecule has 1 heterocycles. The number of hydrogen-bond acceptors (Lipinski definition) is 3. The number of allylic oxidation sites excluding steroid dienone is 1. The van der Waals surface area contributed by atoms with E-state index in [4.69, 9.17) is 4.74 Å². The van der Waals surface area contributed by atoms with Gasteiger partial charge < -0.3 is 9.64 Å². The first kappa shape index (κ1) is 19.8. The van der Waals surface area contributed by atoms with Gasteiger partial charge in [-0.15, -0.1) is 0 Å². The third kappa shape index (κ3) is 8.19. The average molecular weight is 268 g/mol. The SMILES string of the molecule is C=CN=C/C(=C\C)[C@@H]1CN(C)C(=O)O1.CC.CCC. The van der Waals surface area contributed by atoms with E-state index in [1.54, 1.807) is 13.3 Å². The molecule has 0 aromatic carbocycles. The highest BCUT2D eigenvalue weighted by Gasteiger charge is 2.29. The average Bonchev–Trinajstić information content (AvgIpc) is 2.74. The lowest BCUT2D eigenvalue weighted by molar-refractivity contribution is 0.147. The fourth-order valence-corrected chi connectivity index (χ4v) is 1.23. The van der Waals surface area contributed by atoms with Crippen molar-refractivity contribution in [2.45, 2.75) is 47.1 Å². The predicted octanol–water partition coefficient (Wildman–Crippen LogP) is 4.04. The van der Waals surface area contributed by atoms with Gasteiger partial charge in [-0.3, -0.25) is 4.99 Å². The Kier molecular flexibility index (Phi) is 13.4. The van der Waals surface area contributed by atoms with E-state index in [0.29, 0.717) is 6.54 Å². The minimum absolute atomic E-state index is 0.207. The number of amides is 1. The van der Waals surface area contributed by atoms with Crippen molar-refractivity contribution < 1.29 is 9.53 Å². The zero-order chi connectivity index (χ0) is 15.3. The first-order valence-corrected chi connectivity index (χ1v) is 6.82. The van der Waals surface area contributed by atoms with Crippen molar-refractivity contribution in [2.75, 3.05) is 13.6 Å². The Balaban J connectivity index is 0. The number of rotatable bonds is 3. The van der Waals surface area contributed by atoms with Crippen molar-refractivity contribution in [1.29, 1.82) is 0 Å². The highest BCUT2D eigenvalue weighted by molar-refractivity contribution is 5.82. The molecule has 4 heteroatoms. The van der Waals surface area contributed by atoms with Gasteiger partial charge in [0.25, 0.3) is 0 Å². The summed E-state index contributed by atoms with van der Waals surface area (Å²) in [5.41, 5.74) is 0.891. The molecule has 1 atom stereocenters. The van der Waals surface area contributed by atoms with E-state index in [2.05, 4.69) is 25.4 Å². The van der Waals surface area contributed by atoms with Crippen LogP contribution in [0.15, 0.2) is 29.4 Å². The smallest absolute Gasteiger partial charge is 0.410 e. The summed E-state index contributed by atoms with van der Waals surface area (Å²) in [6.07, 6.45) is 5.74. The van der Waals surface area contributed by atoms with Crippen LogP contribution in [0, 0.1) is 0 Å². The third-order valence-electron chi connectivity index (χ3n) is 2.03. The summed E-state index contributed by atoms with van der Waals surface area (Å²) >= 11 is 0. The molecule has 0 aromatic rings. The van der Waals surface area contributed by atoms with Crippen LogP contribution < -0.4 is 0 Å². The second kappa shape index (κ2) is 12.9. The zero-order valence-corrected chi connectivity index (χ0v) is 13.1. The van der Waals surface area contributed by atoms with Gasteiger partial charge >= 0.3 is 6.09 Å². The minimum Gasteiger partial charge on any atom is -0.439 e. The molecule has 0 aliphatic carbocycles. The molecule has 0 radical (unpaired) electrons. The molecule has 110 valence electrons. The van der Waals surface area contributed by atoms with Crippen LogP contribution in [0.1, 0.15) is 41.0 Å². The summed E-state index contributed by atoms with van der Waals surface area (Å²) in [6, 6.07) is 0. The van der Waals surface area contributed by atoms with Gasteiger partial charge in [-0.05, 0) is 6.92 Å².